The van der Waals surface area contributed by atoms with Crippen molar-refractivity contribution in [2.75, 3.05) is 13.7 Å². The molecule has 0 amide bonds. The molecule has 1 aliphatic rings. The third kappa shape index (κ3) is 2.86. The summed E-state index contributed by atoms with van der Waals surface area (Å²) in [5.74, 6) is 5.75. The van der Waals surface area contributed by atoms with Crippen LogP contribution >= 0.6 is 0 Å². The average Bonchev–Trinajstić information content (AvgIpc) is 2.90. The fourth-order valence-electron chi connectivity index (χ4n) is 2.91. The van der Waals surface area contributed by atoms with Crippen LogP contribution in [0.15, 0.2) is 12.4 Å². The lowest BCUT2D eigenvalue weighted by Gasteiger charge is -2.36. The highest BCUT2D eigenvalue weighted by Gasteiger charge is 2.42. The minimum Gasteiger partial charge on any atom is -0.467 e. The molecule has 3 N–H and O–H groups in total. The minimum atomic E-state index is -0.249. The van der Waals surface area contributed by atoms with Crippen molar-refractivity contribution in [1.29, 1.82) is 0 Å². The summed E-state index contributed by atoms with van der Waals surface area (Å²) in [6.07, 6.45) is 7.82. The van der Waals surface area contributed by atoms with E-state index >= 15 is 0 Å². The van der Waals surface area contributed by atoms with E-state index in [4.69, 9.17) is 15.3 Å². The Kier molecular flexibility index (Phi) is 4.68. The highest BCUT2D eigenvalue weighted by molar-refractivity contribution is 5.18. The van der Waals surface area contributed by atoms with Gasteiger partial charge in [0.05, 0.1) is 18.8 Å². The first-order valence-electron chi connectivity index (χ1n) is 6.72. The molecule has 1 unspecified atom stereocenters. The second-order valence-corrected chi connectivity index (χ2v) is 4.81. The fraction of sp³-hybridized carbons (Fsp3) is 0.692. The maximum absolute atomic E-state index is 6.03. The molecule has 19 heavy (non-hydrogen) atoms. The van der Waals surface area contributed by atoms with E-state index in [1.165, 1.54) is 0 Å². The van der Waals surface area contributed by atoms with Crippen LogP contribution in [0.2, 0.25) is 0 Å². The molecule has 1 aliphatic carbocycles. The van der Waals surface area contributed by atoms with E-state index in [2.05, 4.69) is 15.4 Å². The Morgan fingerprint density at radius 3 is 2.47 bits per heavy atom. The van der Waals surface area contributed by atoms with Crippen molar-refractivity contribution in [3.63, 3.8) is 0 Å². The van der Waals surface area contributed by atoms with Crippen LogP contribution in [0, 0.1) is 0 Å². The molecule has 0 aliphatic heterocycles. The lowest BCUT2D eigenvalue weighted by Crippen LogP contribution is -2.47. The number of hydrogen-bond donors (Lipinski definition) is 2. The zero-order chi connectivity index (χ0) is 13.7. The van der Waals surface area contributed by atoms with Crippen LogP contribution in [0.1, 0.15) is 44.2 Å². The van der Waals surface area contributed by atoms with Crippen molar-refractivity contribution in [1.82, 2.24) is 15.4 Å². The normalized spacial score (nSPS) is 19.3. The van der Waals surface area contributed by atoms with E-state index in [0.717, 1.165) is 31.2 Å². The van der Waals surface area contributed by atoms with Gasteiger partial charge in [0, 0.05) is 24.6 Å². The van der Waals surface area contributed by atoms with E-state index in [1.807, 2.05) is 6.92 Å². The average molecular weight is 266 g/mol. The van der Waals surface area contributed by atoms with E-state index in [0.29, 0.717) is 12.6 Å². The van der Waals surface area contributed by atoms with Crippen LogP contribution in [0.25, 0.3) is 0 Å². The molecule has 6 nitrogen and oxygen atoms in total. The summed E-state index contributed by atoms with van der Waals surface area (Å²) in [7, 11) is 1.55. The van der Waals surface area contributed by atoms with Crippen molar-refractivity contribution in [3.8, 4) is 6.01 Å². The second-order valence-electron chi connectivity index (χ2n) is 4.81. The summed E-state index contributed by atoms with van der Waals surface area (Å²) < 4.78 is 11.0. The quantitative estimate of drug-likeness (QED) is 0.597. The molecule has 0 radical (unpaired) electrons. The molecular formula is C13H22N4O2. The Labute approximate surface area is 113 Å². The Morgan fingerprint density at radius 2 is 2.00 bits per heavy atom. The van der Waals surface area contributed by atoms with E-state index < -0.39 is 0 Å². The van der Waals surface area contributed by atoms with Gasteiger partial charge in [-0.05, 0) is 19.8 Å². The van der Waals surface area contributed by atoms with Gasteiger partial charge in [0.1, 0.15) is 0 Å². The molecular weight excluding hydrogens is 244 g/mol. The number of hydrogen-bond acceptors (Lipinski definition) is 6. The van der Waals surface area contributed by atoms with Crippen molar-refractivity contribution >= 4 is 0 Å². The van der Waals surface area contributed by atoms with Crippen LogP contribution in [-0.2, 0) is 4.74 Å². The first-order valence-corrected chi connectivity index (χ1v) is 6.72. The molecule has 1 saturated carbocycles. The van der Waals surface area contributed by atoms with Crippen LogP contribution in [0.5, 0.6) is 6.01 Å². The van der Waals surface area contributed by atoms with Gasteiger partial charge in [0.15, 0.2) is 0 Å². The van der Waals surface area contributed by atoms with Gasteiger partial charge in [0.25, 0.3) is 0 Å². The summed E-state index contributed by atoms with van der Waals surface area (Å²) in [4.78, 5) is 8.29. The molecule has 1 atom stereocenters. The van der Waals surface area contributed by atoms with Gasteiger partial charge in [-0.15, -0.1) is 0 Å². The second kappa shape index (κ2) is 6.27. The van der Waals surface area contributed by atoms with Gasteiger partial charge >= 0.3 is 6.01 Å². The van der Waals surface area contributed by atoms with E-state index in [1.54, 1.807) is 19.5 Å². The smallest absolute Gasteiger partial charge is 0.316 e. The Balaban J connectivity index is 2.25. The van der Waals surface area contributed by atoms with Crippen LogP contribution < -0.4 is 16.0 Å². The lowest BCUT2D eigenvalue weighted by atomic mass is 9.88. The predicted octanol–water partition coefficient (Wildman–Crippen LogP) is 1.34. The number of hydrazine groups is 1. The third-order valence-electron chi connectivity index (χ3n) is 3.74. The maximum Gasteiger partial charge on any atom is 0.316 e. The van der Waals surface area contributed by atoms with Crippen molar-refractivity contribution in [2.45, 2.75) is 44.2 Å². The number of methoxy groups -OCH3 is 1. The number of aromatic nitrogens is 2. The number of ether oxygens (including phenoxy) is 2. The minimum absolute atomic E-state index is 0.0964. The largest absolute Gasteiger partial charge is 0.467 e. The highest BCUT2D eigenvalue weighted by Crippen LogP contribution is 2.42. The topological polar surface area (TPSA) is 82.3 Å². The molecule has 0 bridgehead atoms. The highest BCUT2D eigenvalue weighted by atomic mass is 16.5. The van der Waals surface area contributed by atoms with E-state index in [9.17, 15) is 0 Å². The zero-order valence-electron chi connectivity index (χ0n) is 11.6. The van der Waals surface area contributed by atoms with Gasteiger partial charge in [-0.1, -0.05) is 12.8 Å². The molecule has 2 rings (SSSR count). The maximum atomic E-state index is 6.03. The Hall–Kier alpha value is -1.24. The van der Waals surface area contributed by atoms with Crippen LogP contribution in [0.3, 0.4) is 0 Å². The first kappa shape index (κ1) is 14.2. The molecule has 106 valence electrons. The standard InChI is InChI=1S/C13H22N4O2/c1-3-19-13(6-4-5-7-13)11(17-14)10-8-15-12(18-2)16-9-10/h8-9,11,17H,3-7,14H2,1-2H3. The summed E-state index contributed by atoms with van der Waals surface area (Å²) in [6, 6.07) is 0.261. The lowest BCUT2D eigenvalue weighted by molar-refractivity contribution is -0.0628. The van der Waals surface area contributed by atoms with Gasteiger partial charge < -0.3 is 9.47 Å². The van der Waals surface area contributed by atoms with Gasteiger partial charge in [-0.3, -0.25) is 5.84 Å². The van der Waals surface area contributed by atoms with Gasteiger partial charge in [-0.2, -0.15) is 0 Å². The van der Waals surface area contributed by atoms with Gasteiger partial charge in [0.2, 0.25) is 0 Å². The van der Waals surface area contributed by atoms with Crippen LogP contribution in [-0.4, -0.2) is 29.3 Å². The summed E-state index contributed by atoms with van der Waals surface area (Å²) >= 11 is 0. The van der Waals surface area contributed by atoms with Crippen molar-refractivity contribution in [2.24, 2.45) is 5.84 Å². The Morgan fingerprint density at radius 1 is 1.37 bits per heavy atom. The Bertz CT molecular complexity index is 390. The first-order chi connectivity index (χ1) is 9.25. The molecule has 1 heterocycles. The summed E-state index contributed by atoms with van der Waals surface area (Å²) in [6.45, 7) is 2.69. The number of rotatable bonds is 6. The number of nitrogens with two attached hydrogens (primary N) is 1. The van der Waals surface area contributed by atoms with Crippen LogP contribution in [0.4, 0.5) is 0 Å². The zero-order valence-corrected chi connectivity index (χ0v) is 11.6. The fourth-order valence-corrected chi connectivity index (χ4v) is 2.91. The van der Waals surface area contributed by atoms with Gasteiger partial charge in [-0.25, -0.2) is 15.4 Å². The monoisotopic (exact) mass is 266 g/mol. The molecule has 1 aromatic rings. The molecule has 6 heteroatoms. The molecule has 0 saturated heterocycles. The number of nitrogens with one attached hydrogen (secondary N) is 1. The predicted molar refractivity (Wildman–Crippen MR) is 71.5 cm³/mol. The van der Waals surface area contributed by atoms with Crippen molar-refractivity contribution in [3.05, 3.63) is 18.0 Å². The van der Waals surface area contributed by atoms with Crippen molar-refractivity contribution < 1.29 is 9.47 Å². The molecule has 0 aromatic carbocycles. The summed E-state index contributed by atoms with van der Waals surface area (Å²) in [5.41, 5.74) is 3.56. The molecule has 1 aromatic heterocycles. The van der Waals surface area contributed by atoms with E-state index in [-0.39, 0.29) is 11.6 Å². The third-order valence-corrected chi connectivity index (χ3v) is 3.74. The molecule has 0 spiro atoms. The summed E-state index contributed by atoms with van der Waals surface area (Å²) in [5, 5.41) is 0. The number of nitrogens with zero attached hydrogens (tertiary/aromatic N) is 2. The SMILES string of the molecule is CCOC1(C(NN)c2cnc(OC)nc2)CCCC1. The molecule has 1 fully saturated rings.